The van der Waals surface area contributed by atoms with E-state index in [9.17, 15) is 14.7 Å². The molecule has 1 aliphatic heterocycles. The minimum atomic E-state index is 0.228. The molecule has 0 spiro atoms. The van der Waals surface area contributed by atoms with Gasteiger partial charge in [-0.1, -0.05) is 0 Å². The maximum atomic E-state index is 10.7. The molecule has 0 radical (unpaired) electrons. The van der Waals surface area contributed by atoms with Gasteiger partial charge in [-0.2, -0.15) is 0 Å². The molecule has 1 aliphatic rings. The lowest BCUT2D eigenvalue weighted by Gasteiger charge is -2.29. The van der Waals surface area contributed by atoms with E-state index in [0.717, 1.165) is 31.1 Å². The molecule has 0 aliphatic carbocycles. The highest BCUT2D eigenvalue weighted by Crippen LogP contribution is 2.33. The lowest BCUT2D eigenvalue weighted by atomic mass is 9.88. The van der Waals surface area contributed by atoms with Crippen molar-refractivity contribution >= 4 is 12.7 Å². The fourth-order valence-corrected chi connectivity index (χ4v) is 2.29. The van der Waals surface area contributed by atoms with E-state index in [2.05, 4.69) is 0 Å². The lowest BCUT2D eigenvalue weighted by Crippen LogP contribution is -2.31. The highest BCUT2D eigenvalue weighted by atomic mass is 16.3. The van der Waals surface area contributed by atoms with Crippen LogP contribution in [0.2, 0.25) is 0 Å². The summed E-state index contributed by atoms with van der Waals surface area (Å²) in [4.78, 5) is 23.0. The Labute approximate surface area is 99.9 Å². The molecule has 90 valence electrons. The number of carbonyl (C=O) groups is 2. The number of phenols is 1. The Morgan fingerprint density at radius 1 is 1.24 bits per heavy atom. The van der Waals surface area contributed by atoms with E-state index < -0.39 is 0 Å². The smallest absolute Gasteiger partial charge is 0.209 e. The molecule has 1 saturated heterocycles. The third-order valence-corrected chi connectivity index (χ3v) is 3.31. The topological polar surface area (TPSA) is 57.6 Å². The minimum absolute atomic E-state index is 0.228. The van der Waals surface area contributed by atoms with Gasteiger partial charge in [0.05, 0.1) is 0 Å². The molecule has 1 N–H and O–H groups in total. The van der Waals surface area contributed by atoms with Gasteiger partial charge in [-0.05, 0) is 42.5 Å². The highest BCUT2D eigenvalue weighted by molar-refractivity contribution is 5.75. The van der Waals surface area contributed by atoms with Crippen molar-refractivity contribution in [3.05, 3.63) is 29.3 Å². The second-order valence-electron chi connectivity index (χ2n) is 4.35. The monoisotopic (exact) mass is 233 g/mol. The average molecular weight is 233 g/mol. The van der Waals surface area contributed by atoms with Gasteiger partial charge in [-0.3, -0.25) is 9.59 Å². The van der Waals surface area contributed by atoms with Crippen LogP contribution in [0.3, 0.4) is 0 Å². The van der Waals surface area contributed by atoms with Crippen molar-refractivity contribution in [1.29, 1.82) is 0 Å². The Morgan fingerprint density at radius 2 is 1.94 bits per heavy atom. The summed E-state index contributed by atoms with van der Waals surface area (Å²) in [6.45, 7) is 1.41. The molecule has 1 aromatic carbocycles. The van der Waals surface area contributed by atoms with Gasteiger partial charge in [0, 0.05) is 18.7 Å². The summed E-state index contributed by atoms with van der Waals surface area (Å²) in [7, 11) is 0. The zero-order valence-corrected chi connectivity index (χ0v) is 9.50. The number of phenolic OH excluding ortho intramolecular Hbond substituents is 1. The molecule has 0 saturated carbocycles. The quantitative estimate of drug-likeness (QED) is 0.806. The van der Waals surface area contributed by atoms with Gasteiger partial charge < -0.3 is 10.0 Å². The number of carbonyl (C=O) groups excluding carboxylic acids is 2. The summed E-state index contributed by atoms with van der Waals surface area (Å²) in [6, 6.07) is 4.90. The predicted molar refractivity (Wildman–Crippen MR) is 63.1 cm³/mol. The molecular weight excluding hydrogens is 218 g/mol. The minimum Gasteiger partial charge on any atom is -0.508 e. The van der Waals surface area contributed by atoms with E-state index in [4.69, 9.17) is 0 Å². The van der Waals surface area contributed by atoms with Gasteiger partial charge in [0.15, 0.2) is 0 Å². The number of piperidine rings is 1. The van der Waals surface area contributed by atoms with Crippen LogP contribution in [0.25, 0.3) is 0 Å². The van der Waals surface area contributed by atoms with Crippen molar-refractivity contribution in [3.63, 3.8) is 0 Å². The number of aldehydes is 1. The van der Waals surface area contributed by atoms with E-state index in [1.54, 1.807) is 23.1 Å². The van der Waals surface area contributed by atoms with Crippen molar-refractivity contribution in [2.45, 2.75) is 18.8 Å². The first-order valence-corrected chi connectivity index (χ1v) is 5.72. The third kappa shape index (κ3) is 2.46. The lowest BCUT2D eigenvalue weighted by molar-refractivity contribution is -0.119. The van der Waals surface area contributed by atoms with Crippen LogP contribution in [0.15, 0.2) is 18.2 Å². The number of hydrogen-bond donors (Lipinski definition) is 1. The number of rotatable bonds is 3. The molecule has 1 heterocycles. The first-order chi connectivity index (χ1) is 8.24. The Balaban J connectivity index is 2.17. The number of benzene rings is 1. The van der Waals surface area contributed by atoms with E-state index in [0.29, 0.717) is 18.7 Å². The molecule has 1 aromatic rings. The normalized spacial score (nSPS) is 16.8. The van der Waals surface area contributed by atoms with E-state index >= 15 is 0 Å². The van der Waals surface area contributed by atoms with Crippen molar-refractivity contribution in [1.82, 2.24) is 4.90 Å². The van der Waals surface area contributed by atoms with Crippen molar-refractivity contribution in [2.75, 3.05) is 13.1 Å². The Kier molecular flexibility index (Phi) is 3.42. The number of hydrogen-bond acceptors (Lipinski definition) is 3. The van der Waals surface area contributed by atoms with Crippen LogP contribution in [0.4, 0.5) is 0 Å². The van der Waals surface area contributed by atoms with Gasteiger partial charge in [0.2, 0.25) is 6.41 Å². The summed E-state index contributed by atoms with van der Waals surface area (Å²) in [5, 5.41) is 9.81. The van der Waals surface area contributed by atoms with Gasteiger partial charge in [0.25, 0.3) is 0 Å². The Morgan fingerprint density at radius 3 is 2.53 bits per heavy atom. The van der Waals surface area contributed by atoms with Crippen molar-refractivity contribution in [3.8, 4) is 5.75 Å². The van der Waals surface area contributed by atoms with E-state index in [-0.39, 0.29) is 11.7 Å². The fraction of sp³-hybridized carbons (Fsp3) is 0.385. The van der Waals surface area contributed by atoms with Gasteiger partial charge in [-0.15, -0.1) is 0 Å². The molecule has 2 rings (SSSR count). The van der Waals surface area contributed by atoms with Crippen LogP contribution in [0.5, 0.6) is 5.75 Å². The summed E-state index contributed by atoms with van der Waals surface area (Å²) < 4.78 is 0. The summed E-state index contributed by atoms with van der Waals surface area (Å²) in [5.74, 6) is 0.464. The molecule has 4 nitrogen and oxygen atoms in total. The molecule has 0 atom stereocenters. The van der Waals surface area contributed by atoms with Gasteiger partial charge >= 0.3 is 0 Å². The number of amides is 1. The fourth-order valence-electron chi connectivity index (χ4n) is 2.29. The number of nitrogens with zero attached hydrogens (tertiary/aromatic N) is 1. The zero-order chi connectivity index (χ0) is 12.3. The third-order valence-electron chi connectivity index (χ3n) is 3.31. The maximum absolute atomic E-state index is 10.7. The van der Waals surface area contributed by atoms with Crippen LogP contribution in [-0.2, 0) is 4.79 Å². The number of aromatic hydroxyl groups is 1. The molecular formula is C13H15NO3. The Hall–Kier alpha value is -1.84. The molecule has 0 bridgehead atoms. The molecule has 0 unspecified atom stereocenters. The molecule has 1 amide bonds. The zero-order valence-electron chi connectivity index (χ0n) is 9.50. The average Bonchev–Trinajstić information content (AvgIpc) is 2.39. The van der Waals surface area contributed by atoms with Crippen LogP contribution >= 0.6 is 0 Å². The van der Waals surface area contributed by atoms with E-state index in [1.165, 1.54) is 0 Å². The summed E-state index contributed by atoms with van der Waals surface area (Å²) in [5.41, 5.74) is 1.40. The van der Waals surface area contributed by atoms with Crippen LogP contribution in [-0.4, -0.2) is 35.8 Å². The highest BCUT2D eigenvalue weighted by Gasteiger charge is 2.22. The predicted octanol–water partition coefficient (Wildman–Crippen LogP) is 1.54. The molecule has 17 heavy (non-hydrogen) atoms. The molecule has 4 heteroatoms. The summed E-state index contributed by atoms with van der Waals surface area (Å²) >= 11 is 0. The first kappa shape index (κ1) is 11.6. The van der Waals surface area contributed by atoms with Crippen LogP contribution < -0.4 is 0 Å². The molecule has 0 aromatic heterocycles. The molecule has 1 fully saturated rings. The number of likely N-dealkylation sites (tertiary alicyclic amines) is 1. The Bertz CT molecular complexity index is 423. The standard InChI is InChI=1S/C13H15NO3/c15-8-10-1-2-13(17)12(7-10)11-3-5-14(9-16)6-4-11/h1-2,7-9,11,17H,3-6H2. The van der Waals surface area contributed by atoms with Gasteiger partial charge in [0.1, 0.15) is 12.0 Å². The van der Waals surface area contributed by atoms with Gasteiger partial charge in [-0.25, -0.2) is 0 Å². The van der Waals surface area contributed by atoms with Crippen LogP contribution in [0.1, 0.15) is 34.7 Å². The maximum Gasteiger partial charge on any atom is 0.209 e. The summed E-state index contributed by atoms with van der Waals surface area (Å²) in [6.07, 6.45) is 3.30. The SMILES string of the molecule is O=Cc1ccc(O)c(C2CCN(C=O)CC2)c1. The van der Waals surface area contributed by atoms with E-state index in [1.807, 2.05) is 0 Å². The van der Waals surface area contributed by atoms with Crippen molar-refractivity contribution in [2.24, 2.45) is 0 Å². The second-order valence-corrected chi connectivity index (χ2v) is 4.35. The second kappa shape index (κ2) is 4.99. The van der Waals surface area contributed by atoms with Crippen molar-refractivity contribution < 1.29 is 14.7 Å². The van der Waals surface area contributed by atoms with Crippen LogP contribution in [0, 0.1) is 0 Å². The largest absolute Gasteiger partial charge is 0.508 e. The first-order valence-electron chi connectivity index (χ1n) is 5.72.